The van der Waals surface area contributed by atoms with Crippen LogP contribution >= 0.6 is 0 Å². The highest BCUT2D eigenvalue weighted by Crippen LogP contribution is 2.44. The minimum absolute atomic E-state index is 0.103. The molecule has 2 atom stereocenters. The smallest absolute Gasteiger partial charge is 0.316 e. The van der Waals surface area contributed by atoms with Crippen LogP contribution in [-0.4, -0.2) is 24.7 Å². The van der Waals surface area contributed by atoms with Crippen LogP contribution in [0, 0.1) is 5.92 Å². The number of pyridine rings is 1. The van der Waals surface area contributed by atoms with Crippen molar-refractivity contribution < 1.29 is 5.53 Å². The second-order valence-electron chi connectivity index (χ2n) is 8.00. The van der Waals surface area contributed by atoms with E-state index in [0.29, 0.717) is 11.7 Å². The molecule has 5 rings (SSSR count). The molecule has 1 aromatic carbocycles. The second-order valence-corrected chi connectivity index (χ2v) is 8.00. The SMILES string of the molecule is CCC(C)n1ncc2nc(N=[NH2+])nc(N[C@@H](c3cnc4ccccc4c3)C3CC3)c21. The van der Waals surface area contributed by atoms with E-state index in [-0.39, 0.29) is 18.0 Å². The van der Waals surface area contributed by atoms with Crippen LogP contribution < -0.4 is 10.8 Å². The van der Waals surface area contributed by atoms with Crippen molar-refractivity contribution in [1.29, 1.82) is 0 Å². The van der Waals surface area contributed by atoms with E-state index in [4.69, 9.17) is 5.53 Å². The molecule has 0 saturated heterocycles. The summed E-state index contributed by atoms with van der Waals surface area (Å²) in [5, 5.41) is 13.1. The third-order valence-corrected chi connectivity index (χ3v) is 5.91. The van der Waals surface area contributed by atoms with Crippen molar-refractivity contribution in [3.05, 3.63) is 48.3 Å². The zero-order valence-corrected chi connectivity index (χ0v) is 17.2. The molecule has 3 heterocycles. The monoisotopic (exact) mass is 401 g/mol. The van der Waals surface area contributed by atoms with Gasteiger partial charge in [0.25, 0.3) is 0 Å². The number of nitrogens with one attached hydrogen (secondary N) is 1. The highest BCUT2D eigenvalue weighted by molar-refractivity contribution is 5.87. The van der Waals surface area contributed by atoms with Crippen LogP contribution in [0.4, 0.5) is 11.8 Å². The molecule has 0 bridgehead atoms. The quantitative estimate of drug-likeness (QED) is 0.459. The average molecular weight is 401 g/mol. The van der Waals surface area contributed by atoms with Crippen molar-refractivity contribution in [3.63, 3.8) is 0 Å². The maximum Gasteiger partial charge on any atom is 0.316 e. The lowest BCUT2D eigenvalue weighted by Gasteiger charge is -2.21. The average Bonchev–Trinajstić information content (AvgIpc) is 3.54. The number of fused-ring (bicyclic) bond motifs is 2. The summed E-state index contributed by atoms with van der Waals surface area (Å²) in [6, 6.07) is 10.7. The largest absolute Gasteiger partial charge is 0.361 e. The van der Waals surface area contributed by atoms with Gasteiger partial charge in [0.2, 0.25) is 0 Å². The first-order chi connectivity index (χ1) is 14.7. The third-order valence-electron chi connectivity index (χ3n) is 5.91. The first kappa shape index (κ1) is 18.6. The number of aromatic nitrogens is 5. The normalized spacial score (nSPS) is 15.9. The fourth-order valence-electron chi connectivity index (χ4n) is 3.92. The van der Waals surface area contributed by atoms with E-state index in [1.807, 2.05) is 29.1 Å². The Balaban J connectivity index is 1.61. The second kappa shape index (κ2) is 7.44. The molecule has 30 heavy (non-hydrogen) atoms. The van der Waals surface area contributed by atoms with Gasteiger partial charge in [-0.15, -0.1) is 5.53 Å². The molecule has 0 radical (unpaired) electrons. The number of hydrogen-bond donors (Lipinski definition) is 2. The van der Waals surface area contributed by atoms with Gasteiger partial charge in [-0.3, -0.25) is 9.67 Å². The summed E-state index contributed by atoms with van der Waals surface area (Å²) in [6.45, 7) is 4.28. The van der Waals surface area contributed by atoms with Crippen LogP contribution in [0.3, 0.4) is 0 Å². The fraction of sp³-hybridized carbons (Fsp3) is 0.364. The minimum atomic E-state index is 0.103. The van der Waals surface area contributed by atoms with Gasteiger partial charge in [-0.2, -0.15) is 10.1 Å². The predicted octanol–water partition coefficient (Wildman–Crippen LogP) is 3.75. The number of para-hydroxylation sites is 1. The van der Waals surface area contributed by atoms with Gasteiger partial charge in [-0.05, 0) is 49.8 Å². The Bertz CT molecular complexity index is 1230. The number of rotatable bonds is 7. The number of benzene rings is 1. The number of hydrogen-bond acceptors (Lipinski definition) is 6. The van der Waals surface area contributed by atoms with E-state index >= 15 is 0 Å². The van der Waals surface area contributed by atoms with Crippen LogP contribution in [0.2, 0.25) is 0 Å². The summed E-state index contributed by atoms with van der Waals surface area (Å²) in [7, 11) is 0. The molecule has 8 heteroatoms. The molecule has 0 amide bonds. The first-order valence-corrected chi connectivity index (χ1v) is 10.4. The lowest BCUT2D eigenvalue weighted by molar-refractivity contribution is -0.211. The molecular weight excluding hydrogens is 376 g/mol. The summed E-state index contributed by atoms with van der Waals surface area (Å²) < 4.78 is 1.99. The van der Waals surface area contributed by atoms with Gasteiger partial charge in [-0.25, -0.2) is 4.98 Å². The highest BCUT2D eigenvalue weighted by Gasteiger charge is 2.34. The summed E-state index contributed by atoms with van der Waals surface area (Å²) in [4.78, 5) is 13.7. The van der Waals surface area contributed by atoms with Crippen molar-refractivity contribution in [2.75, 3.05) is 5.32 Å². The molecule has 1 fully saturated rings. The molecule has 1 saturated carbocycles. The Morgan fingerprint density at radius 2 is 2.03 bits per heavy atom. The molecule has 152 valence electrons. The molecule has 1 unspecified atom stereocenters. The number of nitrogens with zero attached hydrogens (tertiary/aromatic N) is 6. The molecule has 1 aliphatic carbocycles. The maximum absolute atomic E-state index is 5.51. The van der Waals surface area contributed by atoms with Crippen molar-refractivity contribution in [2.45, 2.75) is 45.2 Å². The van der Waals surface area contributed by atoms with Crippen molar-refractivity contribution in [2.24, 2.45) is 11.0 Å². The van der Waals surface area contributed by atoms with Crippen LogP contribution in [0.5, 0.6) is 0 Å². The van der Waals surface area contributed by atoms with Crippen LogP contribution in [0.1, 0.15) is 50.8 Å². The summed E-state index contributed by atoms with van der Waals surface area (Å²) >= 11 is 0. The van der Waals surface area contributed by atoms with Crippen molar-refractivity contribution in [1.82, 2.24) is 24.7 Å². The van der Waals surface area contributed by atoms with Crippen molar-refractivity contribution >= 4 is 33.7 Å². The summed E-state index contributed by atoms with van der Waals surface area (Å²) in [5.41, 5.74) is 9.29. The molecule has 1 aliphatic rings. The highest BCUT2D eigenvalue weighted by atomic mass is 15.3. The van der Waals surface area contributed by atoms with Gasteiger partial charge in [0.05, 0.1) is 17.8 Å². The molecule has 3 aromatic heterocycles. The Morgan fingerprint density at radius 1 is 1.20 bits per heavy atom. The van der Waals surface area contributed by atoms with E-state index in [9.17, 15) is 0 Å². The van der Waals surface area contributed by atoms with E-state index < -0.39 is 0 Å². The molecular formula is C22H25N8+. The van der Waals surface area contributed by atoms with Crippen LogP contribution in [-0.2, 0) is 0 Å². The van der Waals surface area contributed by atoms with E-state index in [0.717, 1.165) is 33.9 Å². The zero-order valence-electron chi connectivity index (χ0n) is 17.2. The third kappa shape index (κ3) is 3.28. The van der Waals surface area contributed by atoms with Gasteiger partial charge < -0.3 is 5.32 Å². The lowest BCUT2D eigenvalue weighted by atomic mass is 10.0. The molecule has 0 aliphatic heterocycles. The van der Waals surface area contributed by atoms with Gasteiger partial charge >= 0.3 is 5.95 Å². The lowest BCUT2D eigenvalue weighted by Crippen LogP contribution is -2.23. The van der Waals surface area contributed by atoms with Gasteiger partial charge in [0.15, 0.2) is 5.82 Å². The van der Waals surface area contributed by atoms with Crippen LogP contribution in [0.25, 0.3) is 21.9 Å². The van der Waals surface area contributed by atoms with Crippen LogP contribution in [0.15, 0.2) is 47.8 Å². The Morgan fingerprint density at radius 3 is 2.80 bits per heavy atom. The molecule has 8 nitrogen and oxygen atoms in total. The van der Waals surface area contributed by atoms with Gasteiger partial charge in [0.1, 0.15) is 11.0 Å². The van der Waals surface area contributed by atoms with Gasteiger partial charge in [0, 0.05) is 22.7 Å². The minimum Gasteiger partial charge on any atom is -0.361 e. The molecule has 3 N–H and O–H groups in total. The topological polar surface area (TPSA) is 106 Å². The van der Waals surface area contributed by atoms with E-state index in [2.05, 4.69) is 56.5 Å². The van der Waals surface area contributed by atoms with Gasteiger partial charge in [-0.1, -0.05) is 25.1 Å². The fourth-order valence-corrected chi connectivity index (χ4v) is 3.92. The molecule has 0 spiro atoms. The number of anilines is 1. The molecule has 4 aromatic rings. The van der Waals surface area contributed by atoms with Crippen molar-refractivity contribution in [3.8, 4) is 0 Å². The Hall–Kier alpha value is -3.42. The Labute approximate surface area is 174 Å². The number of nitrogens with two attached hydrogens (primary N) is 1. The standard InChI is InChI=1S/C22H24N8/c1-3-13(2)30-20-18(12-25-30)26-22(29-23)28-21(20)27-19(14-8-9-14)16-10-15-6-4-5-7-17(15)24-11-16/h4-7,10-14,19,23H,3,8-9H2,1-2H3,(H,26,27,28)/p+1/t13?,19-/m1/s1. The zero-order chi connectivity index (χ0) is 20.7. The first-order valence-electron chi connectivity index (χ1n) is 10.4. The predicted molar refractivity (Wildman–Crippen MR) is 115 cm³/mol. The Kier molecular flexibility index (Phi) is 4.61. The maximum atomic E-state index is 5.51. The summed E-state index contributed by atoms with van der Waals surface area (Å²) in [5.74, 6) is 1.50. The van der Waals surface area contributed by atoms with E-state index in [1.54, 1.807) is 6.20 Å². The van der Waals surface area contributed by atoms with E-state index in [1.165, 1.54) is 12.8 Å². The summed E-state index contributed by atoms with van der Waals surface area (Å²) in [6.07, 6.45) is 7.04.